The van der Waals surface area contributed by atoms with Crippen LogP contribution in [0.2, 0.25) is 0 Å². The molecule has 0 bridgehead atoms. The fourth-order valence-corrected chi connectivity index (χ4v) is 2.75. The third-order valence-corrected chi connectivity index (χ3v) is 4.34. The topological polar surface area (TPSA) is 58.2 Å². The molecule has 0 aliphatic rings. The molecule has 0 saturated carbocycles. The molecule has 0 radical (unpaired) electrons. The number of rotatable bonds is 7. The average Bonchev–Trinajstić information content (AvgIpc) is 2.51. The van der Waals surface area contributed by atoms with Crippen molar-refractivity contribution in [1.29, 1.82) is 0 Å². The molecular formula is C18H22NO3S+. The van der Waals surface area contributed by atoms with Gasteiger partial charge in [-0.05, 0) is 24.5 Å². The van der Waals surface area contributed by atoms with Gasteiger partial charge in [0.2, 0.25) is 0 Å². The normalized spacial score (nSPS) is 11.9. The summed E-state index contributed by atoms with van der Waals surface area (Å²) in [4.78, 5) is 0. The minimum atomic E-state index is -3.84. The first-order chi connectivity index (χ1) is 10.9. The number of pyridine rings is 1. The molecule has 0 aliphatic carbocycles. The van der Waals surface area contributed by atoms with E-state index in [1.807, 2.05) is 29.1 Å². The second-order valence-corrected chi connectivity index (χ2v) is 7.18. The molecule has 0 atom stereocenters. The second kappa shape index (κ2) is 8.04. The molecule has 0 spiro atoms. The lowest BCUT2D eigenvalue weighted by Crippen LogP contribution is -2.32. The monoisotopic (exact) mass is 332 g/mol. The summed E-state index contributed by atoms with van der Waals surface area (Å²) in [5.74, 6) is -0.176. The Bertz CT molecular complexity index is 748. The van der Waals surface area contributed by atoms with Gasteiger partial charge in [0, 0.05) is 18.6 Å². The first-order valence-electron chi connectivity index (χ1n) is 7.61. The van der Waals surface area contributed by atoms with Gasteiger partial charge < -0.3 is 0 Å². The Hall–Kier alpha value is -1.98. The smallest absolute Gasteiger partial charge is 0.264 e. The van der Waals surface area contributed by atoms with Crippen LogP contribution < -0.4 is 4.57 Å². The summed E-state index contributed by atoms with van der Waals surface area (Å²) < 4.78 is 32.0. The van der Waals surface area contributed by atoms with Gasteiger partial charge in [-0.2, -0.15) is 8.42 Å². The van der Waals surface area contributed by atoms with Crippen LogP contribution in [0.25, 0.3) is 12.2 Å². The van der Waals surface area contributed by atoms with Crippen LogP contribution in [0.3, 0.4) is 0 Å². The average molecular weight is 332 g/mol. The third-order valence-electron chi connectivity index (χ3n) is 3.53. The second-order valence-electron chi connectivity index (χ2n) is 5.61. The van der Waals surface area contributed by atoms with Gasteiger partial charge in [-0.15, -0.1) is 0 Å². The molecule has 0 amide bonds. The van der Waals surface area contributed by atoms with Crippen LogP contribution in [0.15, 0.2) is 48.8 Å². The third kappa shape index (κ3) is 6.76. The molecule has 2 rings (SSSR count). The quantitative estimate of drug-likeness (QED) is 0.481. The van der Waals surface area contributed by atoms with Crippen molar-refractivity contribution in [3.63, 3.8) is 0 Å². The SMILES string of the molecule is Cc1ccc(/C=C/c2cc[n+](CCCCS(=O)(=O)O)cc2)cc1. The highest BCUT2D eigenvalue weighted by Gasteiger charge is 2.05. The summed E-state index contributed by atoms with van der Waals surface area (Å²) in [5.41, 5.74) is 3.52. The van der Waals surface area contributed by atoms with Gasteiger partial charge in [0.1, 0.15) is 6.54 Å². The first kappa shape index (κ1) is 17.4. The number of nitrogens with zero attached hydrogens (tertiary/aromatic N) is 1. The van der Waals surface area contributed by atoms with Crippen molar-refractivity contribution in [1.82, 2.24) is 0 Å². The van der Waals surface area contributed by atoms with Gasteiger partial charge >= 0.3 is 0 Å². The molecular weight excluding hydrogens is 310 g/mol. The van der Waals surface area contributed by atoms with Crippen LogP contribution in [0.5, 0.6) is 0 Å². The molecule has 1 aromatic carbocycles. The van der Waals surface area contributed by atoms with Gasteiger partial charge in [0.25, 0.3) is 10.1 Å². The number of benzene rings is 1. The highest BCUT2D eigenvalue weighted by molar-refractivity contribution is 7.85. The van der Waals surface area contributed by atoms with E-state index >= 15 is 0 Å². The number of hydrogen-bond acceptors (Lipinski definition) is 2. The van der Waals surface area contributed by atoms with Crippen molar-refractivity contribution in [2.45, 2.75) is 26.3 Å². The highest BCUT2D eigenvalue weighted by Crippen LogP contribution is 2.08. The van der Waals surface area contributed by atoms with Crippen molar-refractivity contribution in [2.24, 2.45) is 0 Å². The summed E-state index contributed by atoms with van der Waals surface area (Å²) in [6, 6.07) is 12.4. The molecule has 122 valence electrons. The number of unbranched alkanes of at least 4 members (excludes halogenated alkanes) is 1. The van der Waals surface area contributed by atoms with Crippen LogP contribution in [-0.2, 0) is 16.7 Å². The van der Waals surface area contributed by atoms with E-state index in [0.717, 1.165) is 17.7 Å². The lowest BCUT2D eigenvalue weighted by molar-refractivity contribution is -0.697. The van der Waals surface area contributed by atoms with E-state index < -0.39 is 10.1 Å². The Morgan fingerprint density at radius 3 is 2.09 bits per heavy atom. The Morgan fingerprint density at radius 1 is 0.957 bits per heavy atom. The molecule has 0 fully saturated rings. The highest BCUT2D eigenvalue weighted by atomic mass is 32.2. The Labute approximate surface area is 137 Å². The summed E-state index contributed by atoms with van der Waals surface area (Å²) in [6.45, 7) is 2.80. The summed E-state index contributed by atoms with van der Waals surface area (Å²) in [6.07, 6.45) is 9.26. The minimum Gasteiger partial charge on any atom is -0.286 e. The molecule has 4 nitrogen and oxygen atoms in total. The number of hydrogen-bond donors (Lipinski definition) is 1. The van der Waals surface area contributed by atoms with E-state index in [2.05, 4.69) is 43.3 Å². The van der Waals surface area contributed by atoms with Gasteiger partial charge in [-0.25, -0.2) is 4.57 Å². The van der Waals surface area contributed by atoms with Crippen molar-refractivity contribution in [3.8, 4) is 0 Å². The standard InChI is InChI=1S/C18H21NO3S/c1-16-4-6-17(7-5-16)8-9-18-10-13-19(14-11-18)12-2-3-15-23(20,21)22/h4-11,13-14H,2-3,12,15H2,1H3/p+1/b9-8+. The lowest BCUT2D eigenvalue weighted by atomic mass is 10.1. The van der Waals surface area contributed by atoms with Crippen LogP contribution in [0.4, 0.5) is 0 Å². The van der Waals surface area contributed by atoms with Crippen LogP contribution >= 0.6 is 0 Å². The zero-order chi connectivity index (χ0) is 16.7. The van der Waals surface area contributed by atoms with Crippen molar-refractivity contribution in [3.05, 3.63) is 65.5 Å². The molecule has 0 unspecified atom stereocenters. The maximum Gasteiger partial charge on any atom is 0.264 e. The lowest BCUT2D eigenvalue weighted by Gasteiger charge is -1.98. The van der Waals surface area contributed by atoms with Crippen molar-refractivity contribution >= 4 is 22.3 Å². The fraction of sp³-hybridized carbons (Fsp3) is 0.278. The van der Waals surface area contributed by atoms with E-state index in [4.69, 9.17) is 4.55 Å². The molecule has 0 aliphatic heterocycles. The molecule has 5 heteroatoms. The van der Waals surface area contributed by atoms with Crippen LogP contribution in [0, 0.1) is 6.92 Å². The first-order valence-corrected chi connectivity index (χ1v) is 9.22. The minimum absolute atomic E-state index is 0.176. The molecule has 1 heterocycles. The maximum atomic E-state index is 10.6. The maximum absolute atomic E-state index is 10.6. The van der Waals surface area contributed by atoms with Gasteiger partial charge in [-0.1, -0.05) is 42.0 Å². The zero-order valence-corrected chi connectivity index (χ0v) is 14.0. The van der Waals surface area contributed by atoms with E-state index in [0.29, 0.717) is 12.8 Å². The molecule has 2 aromatic rings. The number of aryl methyl sites for hydroxylation is 2. The van der Waals surface area contributed by atoms with Gasteiger partial charge in [0.15, 0.2) is 12.4 Å². The van der Waals surface area contributed by atoms with Crippen molar-refractivity contribution < 1.29 is 17.5 Å². The van der Waals surface area contributed by atoms with Gasteiger partial charge in [-0.3, -0.25) is 4.55 Å². The predicted octanol–water partition coefficient (Wildman–Crippen LogP) is 3.12. The van der Waals surface area contributed by atoms with E-state index in [-0.39, 0.29) is 5.75 Å². The van der Waals surface area contributed by atoms with Crippen molar-refractivity contribution in [2.75, 3.05) is 5.75 Å². The van der Waals surface area contributed by atoms with E-state index in [1.165, 1.54) is 5.56 Å². The molecule has 0 saturated heterocycles. The molecule has 1 aromatic heterocycles. The summed E-state index contributed by atoms with van der Waals surface area (Å²) in [5, 5.41) is 0. The Kier molecular flexibility index (Phi) is 6.07. The Morgan fingerprint density at radius 2 is 1.52 bits per heavy atom. The largest absolute Gasteiger partial charge is 0.286 e. The van der Waals surface area contributed by atoms with E-state index in [9.17, 15) is 8.42 Å². The van der Waals surface area contributed by atoms with Crippen LogP contribution in [0.1, 0.15) is 29.5 Å². The molecule has 1 N–H and O–H groups in total. The summed E-state index contributed by atoms with van der Waals surface area (Å²) in [7, 11) is -3.84. The fourth-order valence-electron chi connectivity index (χ4n) is 2.18. The molecule has 23 heavy (non-hydrogen) atoms. The zero-order valence-electron chi connectivity index (χ0n) is 13.2. The van der Waals surface area contributed by atoms with Crippen LogP contribution in [-0.4, -0.2) is 18.7 Å². The Balaban J connectivity index is 1.85. The van der Waals surface area contributed by atoms with Gasteiger partial charge in [0.05, 0.1) is 5.75 Å². The number of aromatic nitrogens is 1. The summed E-state index contributed by atoms with van der Waals surface area (Å²) >= 11 is 0. The predicted molar refractivity (Wildman–Crippen MR) is 92.4 cm³/mol. The van der Waals surface area contributed by atoms with E-state index in [1.54, 1.807) is 0 Å².